The molecule has 8 nitrogen and oxygen atoms in total. The van der Waals surface area contributed by atoms with E-state index in [9.17, 15) is 9.90 Å². The maximum absolute atomic E-state index is 15.4. The van der Waals surface area contributed by atoms with Crippen molar-refractivity contribution in [2.75, 3.05) is 6.61 Å². The molecular weight excluding hydrogens is 550 g/mol. The summed E-state index contributed by atoms with van der Waals surface area (Å²) in [6, 6.07) is 11.9. The van der Waals surface area contributed by atoms with Crippen LogP contribution in [0.2, 0.25) is 0 Å². The summed E-state index contributed by atoms with van der Waals surface area (Å²) in [5.41, 5.74) is 2.59. The van der Waals surface area contributed by atoms with Crippen LogP contribution < -0.4 is 4.74 Å². The smallest absolute Gasteiger partial charge is 0.335 e. The van der Waals surface area contributed by atoms with Gasteiger partial charge in [-0.25, -0.2) is 28.5 Å². The molecule has 6 rings (SSSR count). The molecule has 4 heterocycles. The van der Waals surface area contributed by atoms with Gasteiger partial charge in [-0.1, -0.05) is 6.07 Å². The number of aromatic carboxylic acids is 1. The Morgan fingerprint density at radius 1 is 1.12 bits per heavy atom. The number of hydrogen-bond donors (Lipinski definition) is 1. The summed E-state index contributed by atoms with van der Waals surface area (Å²) in [6.45, 7) is 5.21. The Labute approximate surface area is 238 Å². The van der Waals surface area contributed by atoms with Gasteiger partial charge in [0.2, 0.25) is 5.88 Å². The van der Waals surface area contributed by atoms with Crippen LogP contribution in [0.1, 0.15) is 43.7 Å². The van der Waals surface area contributed by atoms with Crippen molar-refractivity contribution in [3.05, 3.63) is 92.7 Å². The number of hydrogen-bond acceptors (Lipinski definition) is 7. The zero-order valence-corrected chi connectivity index (χ0v) is 23.2. The summed E-state index contributed by atoms with van der Waals surface area (Å²) in [5.74, 6) is -1.49. The second kappa shape index (κ2) is 11.0. The van der Waals surface area contributed by atoms with Gasteiger partial charge >= 0.3 is 5.97 Å². The van der Waals surface area contributed by atoms with E-state index < -0.39 is 17.6 Å². The summed E-state index contributed by atoms with van der Waals surface area (Å²) in [6.07, 6.45) is 0.819. The molecule has 3 aromatic heterocycles. The van der Waals surface area contributed by atoms with Crippen LogP contribution in [0.3, 0.4) is 0 Å². The van der Waals surface area contributed by atoms with Crippen molar-refractivity contribution < 1.29 is 28.2 Å². The summed E-state index contributed by atoms with van der Waals surface area (Å²) in [7, 11) is 0. The van der Waals surface area contributed by atoms with Crippen molar-refractivity contribution in [1.29, 1.82) is 0 Å². The molecule has 0 amide bonds. The summed E-state index contributed by atoms with van der Waals surface area (Å²) in [5, 5.41) is 10.4. The lowest BCUT2D eigenvalue weighted by Crippen LogP contribution is -2.31. The van der Waals surface area contributed by atoms with E-state index in [4.69, 9.17) is 9.47 Å². The zero-order valence-electron chi connectivity index (χ0n) is 22.4. The van der Waals surface area contributed by atoms with E-state index in [2.05, 4.69) is 15.0 Å². The Morgan fingerprint density at radius 2 is 1.95 bits per heavy atom. The summed E-state index contributed by atoms with van der Waals surface area (Å²) in [4.78, 5) is 25.9. The molecule has 0 radical (unpaired) electrons. The number of thiazole rings is 1. The molecule has 0 bridgehead atoms. The lowest BCUT2D eigenvalue weighted by molar-refractivity contribution is -0.0589. The van der Waals surface area contributed by atoms with E-state index >= 15 is 8.78 Å². The molecule has 0 aliphatic carbocycles. The second-order valence-electron chi connectivity index (χ2n) is 9.92. The third kappa shape index (κ3) is 5.55. The van der Waals surface area contributed by atoms with Crippen molar-refractivity contribution in [2.24, 2.45) is 0 Å². The van der Waals surface area contributed by atoms with Gasteiger partial charge < -0.3 is 19.1 Å². The molecule has 1 N–H and O–H groups in total. The van der Waals surface area contributed by atoms with Crippen LogP contribution in [-0.4, -0.2) is 43.3 Å². The van der Waals surface area contributed by atoms with Gasteiger partial charge in [-0.05, 0) is 62.2 Å². The largest absolute Gasteiger partial charge is 0.478 e. The van der Waals surface area contributed by atoms with E-state index in [0.717, 1.165) is 34.1 Å². The first-order valence-electron chi connectivity index (χ1n) is 13.1. The number of halogens is 2. The number of aryl methyl sites for hydroxylation is 2. The first kappa shape index (κ1) is 27.0. The molecule has 1 fully saturated rings. The highest BCUT2D eigenvalue weighted by atomic mass is 32.1. The predicted molar refractivity (Wildman–Crippen MR) is 149 cm³/mol. The van der Waals surface area contributed by atoms with Gasteiger partial charge in [0.25, 0.3) is 0 Å². The van der Waals surface area contributed by atoms with Crippen LogP contribution in [0.25, 0.3) is 22.3 Å². The molecule has 0 saturated carbocycles. The maximum atomic E-state index is 15.4. The zero-order chi connectivity index (χ0) is 28.7. The fourth-order valence-corrected chi connectivity index (χ4v) is 5.71. The van der Waals surface area contributed by atoms with E-state index in [1.54, 1.807) is 30.3 Å². The van der Waals surface area contributed by atoms with Gasteiger partial charge in [0, 0.05) is 24.7 Å². The third-order valence-corrected chi connectivity index (χ3v) is 8.14. The van der Waals surface area contributed by atoms with E-state index in [1.165, 1.54) is 17.4 Å². The van der Waals surface area contributed by atoms with Crippen molar-refractivity contribution >= 4 is 28.3 Å². The fourth-order valence-electron chi connectivity index (χ4n) is 4.86. The molecule has 41 heavy (non-hydrogen) atoms. The van der Waals surface area contributed by atoms with Gasteiger partial charge in [0.15, 0.2) is 0 Å². The van der Waals surface area contributed by atoms with Crippen LogP contribution >= 0.6 is 11.3 Å². The Morgan fingerprint density at radius 3 is 2.66 bits per heavy atom. The molecule has 5 aromatic rings. The minimum Gasteiger partial charge on any atom is -0.478 e. The fraction of sp³-hybridized carbons (Fsp3) is 0.267. The van der Waals surface area contributed by atoms with Crippen LogP contribution in [0, 0.1) is 25.5 Å². The molecular formula is C30H26F2N4O4S. The molecule has 2 aromatic carbocycles. The van der Waals surface area contributed by atoms with Gasteiger partial charge in [0.1, 0.15) is 24.1 Å². The lowest BCUT2D eigenvalue weighted by atomic mass is 10.0. The number of nitrogens with zero attached hydrogens (tertiary/aromatic N) is 4. The minimum absolute atomic E-state index is 0.0109. The Balaban J connectivity index is 1.28. The topological polar surface area (TPSA) is 99.4 Å². The Hall–Kier alpha value is -4.22. The molecule has 210 valence electrons. The van der Waals surface area contributed by atoms with Gasteiger partial charge in [-0.3, -0.25) is 0 Å². The van der Waals surface area contributed by atoms with Crippen LogP contribution in [0.5, 0.6) is 5.88 Å². The second-order valence-corrected chi connectivity index (χ2v) is 11.2. The van der Waals surface area contributed by atoms with Gasteiger partial charge in [0.05, 0.1) is 50.5 Å². The van der Waals surface area contributed by atoms with Crippen LogP contribution in [0.15, 0.2) is 48.5 Å². The van der Waals surface area contributed by atoms with Crippen molar-refractivity contribution in [2.45, 2.75) is 45.9 Å². The quantitative estimate of drug-likeness (QED) is 0.226. The highest BCUT2D eigenvalue weighted by Gasteiger charge is 2.23. The Bertz CT molecular complexity index is 1780. The first-order valence-corrected chi connectivity index (χ1v) is 13.9. The number of imidazole rings is 1. The average molecular weight is 577 g/mol. The van der Waals surface area contributed by atoms with Crippen molar-refractivity contribution in [3.63, 3.8) is 0 Å². The van der Waals surface area contributed by atoms with Gasteiger partial charge in [-0.2, -0.15) is 0 Å². The maximum Gasteiger partial charge on any atom is 0.335 e. The molecule has 1 aliphatic heterocycles. The molecule has 0 unspecified atom stereocenters. The van der Waals surface area contributed by atoms with Crippen LogP contribution in [-0.2, 0) is 24.3 Å². The molecule has 1 saturated heterocycles. The van der Waals surface area contributed by atoms with Crippen molar-refractivity contribution in [1.82, 2.24) is 19.5 Å². The highest BCUT2D eigenvalue weighted by molar-refractivity contribution is 7.11. The number of rotatable bonds is 9. The van der Waals surface area contributed by atoms with Gasteiger partial charge in [-0.15, -0.1) is 11.3 Å². The predicted octanol–water partition coefficient (Wildman–Crippen LogP) is 6.11. The van der Waals surface area contributed by atoms with E-state index in [-0.39, 0.29) is 41.5 Å². The monoisotopic (exact) mass is 576 g/mol. The number of carboxylic acids is 1. The molecule has 0 spiro atoms. The lowest BCUT2D eigenvalue weighted by Gasteiger charge is -2.27. The number of benzene rings is 2. The standard InChI is InChI=1S/C30H26F2N4O4S/c1-16-27(41-17(2)33-16)15-40-29-5-3-4-24(35-29)21-13-22(31)19(10-23(21)32)12-28-34-25-7-6-18(30(37)38)11-26(25)36(28)14-20-8-9-39-20/h3-7,10-11,13,20H,8-9,12,14-15H2,1-2H3,(H,37,38)/t20-/m0/s1. The minimum atomic E-state index is -1.05. The van der Waals surface area contributed by atoms with Crippen LogP contribution in [0.4, 0.5) is 8.78 Å². The summed E-state index contributed by atoms with van der Waals surface area (Å²) < 4.78 is 44.1. The SMILES string of the molecule is Cc1nc(C)c(COc2cccc(-c3cc(F)c(Cc4nc5ccc(C(=O)O)cc5n4C[C@@H]4CCO4)cc3F)n2)s1. The average Bonchev–Trinajstić information content (AvgIpc) is 3.43. The molecule has 1 atom stereocenters. The Kier molecular flexibility index (Phi) is 7.22. The summed E-state index contributed by atoms with van der Waals surface area (Å²) >= 11 is 1.54. The first-order chi connectivity index (χ1) is 19.7. The van der Waals surface area contributed by atoms with Crippen molar-refractivity contribution in [3.8, 4) is 17.1 Å². The van der Waals surface area contributed by atoms with E-state index in [0.29, 0.717) is 35.9 Å². The normalized spacial score (nSPS) is 14.8. The number of ether oxygens (including phenoxy) is 2. The number of aromatic nitrogens is 4. The molecule has 11 heteroatoms. The number of carbonyl (C=O) groups is 1. The third-order valence-electron chi connectivity index (χ3n) is 7.09. The number of fused-ring (bicyclic) bond motifs is 1. The number of carboxylic acid groups (broad SMARTS) is 1. The van der Waals surface area contributed by atoms with E-state index in [1.807, 2.05) is 18.4 Å². The molecule has 1 aliphatic rings. The number of pyridine rings is 1. The highest BCUT2D eigenvalue weighted by Crippen LogP contribution is 2.29.